The minimum atomic E-state index is 0.622. The maximum atomic E-state index is 7.03. The molecule has 0 aromatic heterocycles. The molecule has 0 heterocycles. The third-order valence-electron chi connectivity index (χ3n) is 1.78. The summed E-state index contributed by atoms with van der Waals surface area (Å²) in [4.78, 5) is 0. The van der Waals surface area contributed by atoms with Crippen LogP contribution in [0.5, 0.6) is 0 Å². The highest BCUT2D eigenvalue weighted by atomic mass is 14.5. The minimum absolute atomic E-state index is 0.622. The molecule has 1 aliphatic rings. The van der Waals surface area contributed by atoms with Crippen molar-refractivity contribution in [3.63, 3.8) is 0 Å². The number of rotatable bonds is 3. The molecule has 1 nitrogen and oxygen atoms in total. The lowest BCUT2D eigenvalue weighted by molar-refractivity contribution is 0.501. The van der Waals surface area contributed by atoms with Gasteiger partial charge in [0.15, 0.2) is 0 Å². The normalized spacial score (nSPS) is 23.2. The molecule has 0 saturated heterocycles. The van der Waals surface area contributed by atoms with Crippen LogP contribution in [0.15, 0.2) is 0 Å². The first-order chi connectivity index (χ1) is 3.83. The smallest absolute Gasteiger partial charge is 0.0126 e. The van der Waals surface area contributed by atoms with Crippen LogP contribution in [-0.4, -0.2) is 6.54 Å². The Morgan fingerprint density at radius 1 is 1.62 bits per heavy atom. The van der Waals surface area contributed by atoms with E-state index in [-0.39, 0.29) is 0 Å². The van der Waals surface area contributed by atoms with E-state index in [0.717, 1.165) is 5.92 Å². The third-order valence-corrected chi connectivity index (χ3v) is 1.78. The summed E-state index contributed by atoms with van der Waals surface area (Å²) < 4.78 is 0. The topological polar surface area (TPSA) is 23.8 Å². The highest BCUT2D eigenvalue weighted by Gasteiger charge is 2.22. The van der Waals surface area contributed by atoms with Gasteiger partial charge in [0.25, 0.3) is 0 Å². The van der Waals surface area contributed by atoms with Gasteiger partial charge in [-0.25, -0.2) is 0 Å². The van der Waals surface area contributed by atoms with Crippen LogP contribution in [-0.2, 0) is 0 Å². The number of nitrogens with one attached hydrogen (secondary N) is 1. The average molecular weight is 112 g/mol. The molecule has 0 aliphatic heterocycles. The van der Waals surface area contributed by atoms with E-state index in [1.54, 1.807) is 0 Å². The molecule has 1 rings (SSSR count). The SMILES string of the molecule is CC(C[NH])CC1CC1. The van der Waals surface area contributed by atoms with E-state index in [9.17, 15) is 0 Å². The van der Waals surface area contributed by atoms with Crippen molar-refractivity contribution in [2.75, 3.05) is 6.54 Å². The fraction of sp³-hybridized carbons (Fsp3) is 1.00. The van der Waals surface area contributed by atoms with Gasteiger partial charge in [-0.05, 0) is 18.3 Å². The predicted octanol–water partition coefficient (Wildman–Crippen LogP) is 1.71. The van der Waals surface area contributed by atoms with Gasteiger partial charge in [0.05, 0.1) is 0 Å². The average Bonchev–Trinajstić information content (AvgIpc) is 2.50. The van der Waals surface area contributed by atoms with Crippen molar-refractivity contribution in [1.82, 2.24) is 5.73 Å². The summed E-state index contributed by atoms with van der Waals surface area (Å²) in [5, 5.41) is 0. The van der Waals surface area contributed by atoms with Gasteiger partial charge < -0.3 is 0 Å². The van der Waals surface area contributed by atoms with E-state index in [1.165, 1.54) is 19.3 Å². The quantitative estimate of drug-likeness (QED) is 0.530. The van der Waals surface area contributed by atoms with Crippen molar-refractivity contribution >= 4 is 0 Å². The molecular weight excluding hydrogens is 98.1 g/mol. The number of hydrogen-bond acceptors (Lipinski definition) is 0. The summed E-state index contributed by atoms with van der Waals surface area (Å²) in [7, 11) is 0. The Labute approximate surface area is 51.3 Å². The van der Waals surface area contributed by atoms with Gasteiger partial charge in [0.2, 0.25) is 0 Å². The maximum Gasteiger partial charge on any atom is 0.0126 e. The van der Waals surface area contributed by atoms with E-state index in [0.29, 0.717) is 12.5 Å². The monoisotopic (exact) mass is 112 g/mol. The van der Waals surface area contributed by atoms with Gasteiger partial charge in [-0.3, -0.25) is 5.73 Å². The fourth-order valence-corrected chi connectivity index (χ4v) is 1.01. The Balaban J connectivity index is 1.98. The second-order valence-corrected chi connectivity index (χ2v) is 2.99. The Morgan fingerprint density at radius 3 is 2.62 bits per heavy atom. The molecule has 1 N–H and O–H groups in total. The van der Waals surface area contributed by atoms with E-state index < -0.39 is 0 Å². The molecule has 1 atom stereocenters. The molecule has 0 aromatic carbocycles. The Bertz CT molecular complexity index is 66.8. The fourth-order valence-electron chi connectivity index (χ4n) is 1.01. The lowest BCUT2D eigenvalue weighted by atomic mass is 10.1. The zero-order valence-corrected chi connectivity index (χ0v) is 5.48. The molecule has 1 fully saturated rings. The van der Waals surface area contributed by atoms with Crippen molar-refractivity contribution in [2.45, 2.75) is 26.2 Å². The molecule has 0 spiro atoms. The highest BCUT2D eigenvalue weighted by molar-refractivity contribution is 4.75. The van der Waals surface area contributed by atoms with Crippen molar-refractivity contribution in [3.8, 4) is 0 Å². The van der Waals surface area contributed by atoms with E-state index in [2.05, 4.69) is 6.92 Å². The van der Waals surface area contributed by atoms with Crippen LogP contribution in [0.4, 0.5) is 0 Å². The first kappa shape index (κ1) is 6.09. The molecule has 1 aliphatic carbocycles. The van der Waals surface area contributed by atoms with Crippen molar-refractivity contribution in [1.29, 1.82) is 0 Å². The summed E-state index contributed by atoms with van der Waals surface area (Å²) in [6.45, 7) is 2.79. The standard InChI is InChI=1S/C7H14N/c1-6(5-8)4-7-2-3-7/h6-8H,2-5H2,1H3. The predicted molar refractivity (Wildman–Crippen MR) is 34.5 cm³/mol. The first-order valence-electron chi connectivity index (χ1n) is 3.47. The van der Waals surface area contributed by atoms with Crippen molar-refractivity contribution in [3.05, 3.63) is 0 Å². The van der Waals surface area contributed by atoms with Crippen LogP contribution in [0.3, 0.4) is 0 Å². The maximum absolute atomic E-state index is 7.03. The molecule has 1 unspecified atom stereocenters. The van der Waals surface area contributed by atoms with Gasteiger partial charge >= 0.3 is 0 Å². The summed E-state index contributed by atoms with van der Waals surface area (Å²) in [6, 6.07) is 0. The Morgan fingerprint density at radius 2 is 2.25 bits per heavy atom. The molecular formula is C7H14N. The van der Waals surface area contributed by atoms with Crippen LogP contribution >= 0.6 is 0 Å². The second-order valence-electron chi connectivity index (χ2n) is 2.99. The van der Waals surface area contributed by atoms with E-state index >= 15 is 0 Å². The molecule has 0 bridgehead atoms. The summed E-state index contributed by atoms with van der Waals surface area (Å²) in [6.07, 6.45) is 4.18. The third kappa shape index (κ3) is 1.83. The van der Waals surface area contributed by atoms with Gasteiger partial charge in [-0.2, -0.15) is 0 Å². The Hall–Kier alpha value is -0.0400. The lowest BCUT2D eigenvalue weighted by Gasteiger charge is -2.03. The van der Waals surface area contributed by atoms with Crippen molar-refractivity contribution < 1.29 is 0 Å². The molecule has 47 valence electrons. The molecule has 1 heteroatoms. The van der Waals surface area contributed by atoms with Gasteiger partial charge in [-0.1, -0.05) is 19.8 Å². The van der Waals surface area contributed by atoms with Crippen molar-refractivity contribution in [2.24, 2.45) is 11.8 Å². The summed E-state index contributed by atoms with van der Waals surface area (Å²) in [5.74, 6) is 1.66. The van der Waals surface area contributed by atoms with Crippen LogP contribution in [0.2, 0.25) is 0 Å². The molecule has 0 amide bonds. The zero-order chi connectivity index (χ0) is 5.98. The highest BCUT2D eigenvalue weighted by Crippen LogP contribution is 2.34. The number of hydrogen-bond donors (Lipinski definition) is 0. The first-order valence-corrected chi connectivity index (χ1v) is 3.47. The molecule has 1 radical (unpaired) electrons. The van der Waals surface area contributed by atoms with Crippen LogP contribution in [0.25, 0.3) is 0 Å². The molecule has 1 saturated carbocycles. The van der Waals surface area contributed by atoms with Crippen LogP contribution < -0.4 is 5.73 Å². The lowest BCUT2D eigenvalue weighted by Crippen LogP contribution is -2.02. The van der Waals surface area contributed by atoms with Crippen LogP contribution in [0.1, 0.15) is 26.2 Å². The van der Waals surface area contributed by atoms with E-state index in [1.807, 2.05) is 0 Å². The van der Waals surface area contributed by atoms with E-state index in [4.69, 9.17) is 5.73 Å². The molecule has 0 aromatic rings. The summed E-state index contributed by atoms with van der Waals surface area (Å²) >= 11 is 0. The van der Waals surface area contributed by atoms with Crippen LogP contribution in [0, 0.1) is 11.8 Å². The largest absolute Gasteiger partial charge is 0.258 e. The molecule has 8 heavy (non-hydrogen) atoms. The van der Waals surface area contributed by atoms with Gasteiger partial charge in [-0.15, -0.1) is 0 Å². The van der Waals surface area contributed by atoms with Gasteiger partial charge in [0.1, 0.15) is 0 Å². The zero-order valence-electron chi connectivity index (χ0n) is 5.48. The van der Waals surface area contributed by atoms with Gasteiger partial charge in [0, 0.05) is 6.54 Å². The Kier molecular flexibility index (Phi) is 1.90. The minimum Gasteiger partial charge on any atom is -0.258 e. The summed E-state index contributed by atoms with van der Waals surface area (Å²) in [5.41, 5.74) is 7.03. The second kappa shape index (κ2) is 2.49.